The topological polar surface area (TPSA) is 32.7 Å². The van der Waals surface area contributed by atoms with Gasteiger partial charge < -0.3 is 14.7 Å². The van der Waals surface area contributed by atoms with E-state index in [0.717, 1.165) is 25.5 Å². The molecular weight excluding hydrogens is 283 g/mol. The number of alkyl halides is 3. The molecule has 0 amide bonds. The Balaban J connectivity index is 2.20. The maximum atomic E-state index is 13.2. The number of hydrogen-bond acceptors (Lipinski definition) is 3. The Kier molecular flexibility index (Phi) is 5.11. The zero-order valence-electron chi connectivity index (χ0n) is 12.0. The van der Waals surface area contributed by atoms with Gasteiger partial charge in [-0.15, -0.1) is 0 Å². The molecule has 2 rings (SSSR count). The number of aliphatic hydroxyl groups is 1. The van der Waals surface area contributed by atoms with Crippen LogP contribution in [0, 0.1) is 5.92 Å². The van der Waals surface area contributed by atoms with Crippen LogP contribution in [0.25, 0.3) is 0 Å². The lowest BCUT2D eigenvalue weighted by Crippen LogP contribution is -2.32. The van der Waals surface area contributed by atoms with E-state index in [4.69, 9.17) is 9.84 Å². The third-order valence-corrected chi connectivity index (χ3v) is 3.75. The second kappa shape index (κ2) is 6.66. The molecule has 1 fully saturated rings. The molecule has 1 aliphatic heterocycles. The Morgan fingerprint density at radius 3 is 2.71 bits per heavy atom. The van der Waals surface area contributed by atoms with Crippen LogP contribution in [0.3, 0.4) is 0 Å². The molecule has 118 valence electrons. The average molecular weight is 303 g/mol. The first-order valence-electron chi connectivity index (χ1n) is 7.01. The SMILES string of the molecule is CN(CC1CCCOC1)c1ccc(CO)cc1C(F)(F)F. The normalized spacial score (nSPS) is 19.6. The van der Waals surface area contributed by atoms with Gasteiger partial charge in [0.2, 0.25) is 0 Å². The largest absolute Gasteiger partial charge is 0.418 e. The van der Waals surface area contributed by atoms with Crippen LogP contribution >= 0.6 is 0 Å². The van der Waals surface area contributed by atoms with Crippen molar-refractivity contribution >= 4 is 5.69 Å². The average Bonchev–Trinajstić information content (AvgIpc) is 2.46. The predicted molar refractivity (Wildman–Crippen MR) is 74.2 cm³/mol. The lowest BCUT2D eigenvalue weighted by molar-refractivity contribution is -0.137. The van der Waals surface area contributed by atoms with Gasteiger partial charge in [0, 0.05) is 25.9 Å². The van der Waals surface area contributed by atoms with Gasteiger partial charge in [-0.1, -0.05) is 6.07 Å². The molecule has 0 aliphatic carbocycles. The quantitative estimate of drug-likeness (QED) is 0.928. The van der Waals surface area contributed by atoms with Crippen molar-refractivity contribution in [2.24, 2.45) is 5.92 Å². The van der Waals surface area contributed by atoms with Crippen LogP contribution in [-0.4, -0.2) is 31.9 Å². The highest BCUT2D eigenvalue weighted by atomic mass is 19.4. The smallest absolute Gasteiger partial charge is 0.392 e. The number of anilines is 1. The third kappa shape index (κ3) is 4.11. The van der Waals surface area contributed by atoms with Gasteiger partial charge in [-0.05, 0) is 36.5 Å². The first kappa shape index (κ1) is 16.1. The monoisotopic (exact) mass is 303 g/mol. The fourth-order valence-electron chi connectivity index (χ4n) is 2.68. The summed E-state index contributed by atoms with van der Waals surface area (Å²) in [6, 6.07) is 3.97. The molecular formula is C15H20F3NO2. The van der Waals surface area contributed by atoms with Gasteiger partial charge in [0.1, 0.15) is 0 Å². The Labute approximate surface area is 122 Å². The van der Waals surface area contributed by atoms with Crippen LogP contribution in [-0.2, 0) is 17.5 Å². The predicted octanol–water partition coefficient (Wildman–Crippen LogP) is 3.06. The number of hydrogen-bond donors (Lipinski definition) is 1. The summed E-state index contributed by atoms with van der Waals surface area (Å²) in [4.78, 5) is 1.63. The molecule has 1 atom stereocenters. The minimum atomic E-state index is -4.43. The van der Waals surface area contributed by atoms with Gasteiger partial charge >= 0.3 is 6.18 Å². The summed E-state index contributed by atoms with van der Waals surface area (Å²) in [7, 11) is 1.66. The molecule has 1 heterocycles. The number of ether oxygens (including phenoxy) is 1. The Morgan fingerprint density at radius 2 is 2.14 bits per heavy atom. The summed E-state index contributed by atoms with van der Waals surface area (Å²) in [5.41, 5.74) is -0.293. The summed E-state index contributed by atoms with van der Waals surface area (Å²) in [5.74, 6) is 0.252. The molecule has 6 heteroatoms. The molecule has 21 heavy (non-hydrogen) atoms. The van der Waals surface area contributed by atoms with E-state index < -0.39 is 18.3 Å². The summed E-state index contributed by atoms with van der Waals surface area (Å²) in [6.07, 6.45) is -2.51. The molecule has 1 N–H and O–H groups in total. The van der Waals surface area contributed by atoms with Crippen LogP contribution in [0.5, 0.6) is 0 Å². The Bertz CT molecular complexity index is 470. The number of nitrogens with zero attached hydrogens (tertiary/aromatic N) is 1. The van der Waals surface area contributed by atoms with E-state index in [2.05, 4.69) is 0 Å². The van der Waals surface area contributed by atoms with E-state index in [-0.39, 0.29) is 17.2 Å². The van der Waals surface area contributed by atoms with Gasteiger partial charge in [0.15, 0.2) is 0 Å². The van der Waals surface area contributed by atoms with Crippen molar-refractivity contribution < 1.29 is 23.0 Å². The second-order valence-electron chi connectivity index (χ2n) is 5.47. The summed E-state index contributed by atoms with van der Waals surface area (Å²) in [6.45, 7) is 1.46. The molecule has 1 aliphatic rings. The highest BCUT2D eigenvalue weighted by Gasteiger charge is 2.35. The van der Waals surface area contributed by atoms with Crippen LogP contribution in [0.4, 0.5) is 18.9 Å². The molecule has 1 saturated heterocycles. The van der Waals surface area contributed by atoms with Crippen molar-refractivity contribution in [2.75, 3.05) is 31.7 Å². The highest BCUT2D eigenvalue weighted by molar-refractivity contribution is 5.56. The maximum Gasteiger partial charge on any atom is 0.418 e. The van der Waals surface area contributed by atoms with Crippen molar-refractivity contribution in [1.29, 1.82) is 0 Å². The molecule has 0 spiro atoms. The molecule has 1 aromatic rings. The van der Waals surface area contributed by atoms with E-state index in [1.807, 2.05) is 0 Å². The number of rotatable bonds is 4. The Hall–Kier alpha value is -1.27. The van der Waals surface area contributed by atoms with E-state index in [1.54, 1.807) is 11.9 Å². The molecule has 3 nitrogen and oxygen atoms in total. The van der Waals surface area contributed by atoms with Crippen molar-refractivity contribution in [3.05, 3.63) is 29.3 Å². The molecule has 1 aromatic carbocycles. The lowest BCUT2D eigenvalue weighted by Gasteiger charge is -2.30. The highest BCUT2D eigenvalue weighted by Crippen LogP contribution is 2.37. The van der Waals surface area contributed by atoms with E-state index >= 15 is 0 Å². The second-order valence-corrected chi connectivity index (χ2v) is 5.47. The van der Waals surface area contributed by atoms with Crippen LogP contribution < -0.4 is 4.90 Å². The van der Waals surface area contributed by atoms with Gasteiger partial charge in [-0.25, -0.2) is 0 Å². The summed E-state index contributed by atoms with van der Waals surface area (Å²) >= 11 is 0. The first-order chi connectivity index (χ1) is 9.91. The minimum Gasteiger partial charge on any atom is -0.392 e. The van der Waals surface area contributed by atoms with Crippen molar-refractivity contribution in [2.45, 2.75) is 25.6 Å². The molecule has 0 bridgehead atoms. The maximum absolute atomic E-state index is 13.2. The molecule has 0 saturated carbocycles. The fourth-order valence-corrected chi connectivity index (χ4v) is 2.68. The molecule has 1 unspecified atom stereocenters. The van der Waals surface area contributed by atoms with E-state index in [0.29, 0.717) is 13.2 Å². The molecule has 0 aromatic heterocycles. The molecule has 0 radical (unpaired) electrons. The van der Waals surface area contributed by atoms with Crippen molar-refractivity contribution in [3.63, 3.8) is 0 Å². The fraction of sp³-hybridized carbons (Fsp3) is 0.600. The summed E-state index contributed by atoms with van der Waals surface area (Å²) in [5, 5.41) is 9.02. The van der Waals surface area contributed by atoms with Crippen LogP contribution in [0.2, 0.25) is 0 Å². The number of halogens is 3. The van der Waals surface area contributed by atoms with Crippen LogP contribution in [0.15, 0.2) is 18.2 Å². The van der Waals surface area contributed by atoms with E-state index in [9.17, 15) is 13.2 Å². The third-order valence-electron chi connectivity index (χ3n) is 3.75. The van der Waals surface area contributed by atoms with Crippen molar-refractivity contribution in [3.8, 4) is 0 Å². The van der Waals surface area contributed by atoms with Crippen molar-refractivity contribution in [1.82, 2.24) is 0 Å². The minimum absolute atomic E-state index is 0.144. The zero-order chi connectivity index (χ0) is 15.5. The number of benzene rings is 1. The first-order valence-corrected chi connectivity index (χ1v) is 7.01. The Morgan fingerprint density at radius 1 is 1.38 bits per heavy atom. The van der Waals surface area contributed by atoms with E-state index in [1.165, 1.54) is 12.1 Å². The van der Waals surface area contributed by atoms with Gasteiger partial charge in [0.25, 0.3) is 0 Å². The lowest BCUT2D eigenvalue weighted by atomic mass is 10.0. The zero-order valence-corrected chi connectivity index (χ0v) is 12.0. The van der Waals surface area contributed by atoms with Gasteiger partial charge in [-0.2, -0.15) is 13.2 Å². The van der Waals surface area contributed by atoms with Gasteiger partial charge in [-0.3, -0.25) is 0 Å². The standard InChI is InChI=1S/C15H20F3NO2/c1-19(8-12-3-2-6-21-10-12)14-5-4-11(9-20)7-13(14)15(16,17)18/h4-5,7,12,20H,2-3,6,8-10H2,1H3. The van der Waals surface area contributed by atoms with Crippen LogP contribution in [0.1, 0.15) is 24.0 Å². The van der Waals surface area contributed by atoms with Gasteiger partial charge in [0.05, 0.1) is 18.8 Å². The number of aliphatic hydroxyl groups excluding tert-OH is 1. The summed E-state index contributed by atoms with van der Waals surface area (Å²) < 4.78 is 44.9.